The molecule has 2 rings (SSSR count). The summed E-state index contributed by atoms with van der Waals surface area (Å²) in [6, 6.07) is 12.2. The Morgan fingerprint density at radius 3 is 2.22 bits per heavy atom. The standard InChI is InChI=1S/C14H13F3O/c1-13(18,9-14(15,16)17)12-7-6-10-4-2-3-5-11(10)8-12/h2-8,18H,9H2,1H3/t13-/m0/s1. The van der Waals surface area contributed by atoms with Crippen molar-refractivity contribution < 1.29 is 18.3 Å². The summed E-state index contributed by atoms with van der Waals surface area (Å²) in [6.45, 7) is 1.19. The van der Waals surface area contributed by atoms with E-state index in [1.54, 1.807) is 12.1 Å². The molecule has 18 heavy (non-hydrogen) atoms. The topological polar surface area (TPSA) is 20.2 Å². The zero-order chi connectivity index (χ0) is 13.4. The highest BCUT2D eigenvalue weighted by atomic mass is 19.4. The minimum atomic E-state index is -4.39. The number of alkyl halides is 3. The van der Waals surface area contributed by atoms with Crippen LogP contribution in [0, 0.1) is 0 Å². The van der Waals surface area contributed by atoms with E-state index in [2.05, 4.69) is 0 Å². The van der Waals surface area contributed by atoms with Crippen LogP contribution in [0.2, 0.25) is 0 Å². The molecule has 96 valence electrons. The van der Waals surface area contributed by atoms with Gasteiger partial charge < -0.3 is 5.11 Å². The molecule has 0 aliphatic rings. The van der Waals surface area contributed by atoms with E-state index < -0.39 is 18.2 Å². The number of aliphatic hydroxyl groups is 1. The lowest BCUT2D eigenvalue weighted by atomic mass is 9.90. The summed E-state index contributed by atoms with van der Waals surface area (Å²) in [4.78, 5) is 0. The number of benzene rings is 2. The molecule has 0 aliphatic heterocycles. The molecule has 2 aromatic carbocycles. The van der Waals surface area contributed by atoms with Crippen LogP contribution in [0.4, 0.5) is 13.2 Å². The number of halogens is 3. The van der Waals surface area contributed by atoms with E-state index in [9.17, 15) is 18.3 Å². The van der Waals surface area contributed by atoms with Crippen LogP contribution in [0.1, 0.15) is 18.9 Å². The monoisotopic (exact) mass is 254 g/mol. The zero-order valence-electron chi connectivity index (χ0n) is 9.83. The SMILES string of the molecule is C[C@](O)(CC(F)(F)F)c1ccc2ccccc2c1. The maximum Gasteiger partial charge on any atom is 0.392 e. The van der Waals surface area contributed by atoms with Crippen LogP contribution in [0.3, 0.4) is 0 Å². The highest BCUT2D eigenvalue weighted by Gasteiger charge is 2.39. The third kappa shape index (κ3) is 2.82. The average molecular weight is 254 g/mol. The molecule has 0 bridgehead atoms. The van der Waals surface area contributed by atoms with Gasteiger partial charge in [0.05, 0.1) is 12.0 Å². The Morgan fingerprint density at radius 2 is 1.61 bits per heavy atom. The van der Waals surface area contributed by atoms with E-state index in [1.165, 1.54) is 13.0 Å². The van der Waals surface area contributed by atoms with Gasteiger partial charge in [0, 0.05) is 0 Å². The molecule has 0 fully saturated rings. The molecule has 0 saturated carbocycles. The normalized spacial score (nSPS) is 15.6. The minimum absolute atomic E-state index is 0.276. The minimum Gasteiger partial charge on any atom is -0.385 e. The first-order valence-electron chi connectivity index (χ1n) is 5.56. The van der Waals surface area contributed by atoms with Crippen molar-refractivity contribution in [1.29, 1.82) is 0 Å². The van der Waals surface area contributed by atoms with Gasteiger partial charge in [0.2, 0.25) is 0 Å². The Labute approximate surface area is 103 Å². The molecule has 2 aromatic rings. The van der Waals surface area contributed by atoms with E-state index in [1.807, 2.05) is 24.3 Å². The average Bonchev–Trinajstić information content (AvgIpc) is 2.25. The number of hydrogen-bond donors (Lipinski definition) is 1. The van der Waals surface area contributed by atoms with Gasteiger partial charge in [-0.3, -0.25) is 0 Å². The Kier molecular flexibility index (Phi) is 3.07. The molecule has 1 N–H and O–H groups in total. The summed E-state index contributed by atoms with van der Waals surface area (Å²) in [6.07, 6.45) is -5.65. The number of fused-ring (bicyclic) bond motifs is 1. The first kappa shape index (κ1) is 12.9. The summed E-state index contributed by atoms with van der Waals surface area (Å²) in [5.74, 6) is 0. The van der Waals surface area contributed by atoms with Crippen LogP contribution < -0.4 is 0 Å². The van der Waals surface area contributed by atoms with Gasteiger partial charge in [-0.15, -0.1) is 0 Å². The lowest BCUT2D eigenvalue weighted by molar-refractivity contribution is -0.174. The van der Waals surface area contributed by atoms with E-state index in [-0.39, 0.29) is 5.56 Å². The maximum absolute atomic E-state index is 12.4. The van der Waals surface area contributed by atoms with Crippen molar-refractivity contribution in [2.24, 2.45) is 0 Å². The van der Waals surface area contributed by atoms with Gasteiger partial charge in [-0.1, -0.05) is 36.4 Å². The quantitative estimate of drug-likeness (QED) is 0.858. The van der Waals surface area contributed by atoms with Gasteiger partial charge in [0.1, 0.15) is 0 Å². The molecule has 0 unspecified atom stereocenters. The lowest BCUT2D eigenvalue weighted by Gasteiger charge is -2.25. The molecular formula is C14H13F3O. The van der Waals surface area contributed by atoms with Crippen molar-refractivity contribution in [3.05, 3.63) is 48.0 Å². The second kappa shape index (κ2) is 4.28. The van der Waals surface area contributed by atoms with Crippen molar-refractivity contribution >= 4 is 10.8 Å². The molecule has 0 radical (unpaired) electrons. The first-order chi connectivity index (χ1) is 8.28. The Hall–Kier alpha value is -1.55. The fraction of sp³-hybridized carbons (Fsp3) is 0.286. The van der Waals surface area contributed by atoms with E-state index in [0.717, 1.165) is 10.8 Å². The van der Waals surface area contributed by atoms with Gasteiger partial charge in [0.25, 0.3) is 0 Å². The molecule has 0 amide bonds. The summed E-state index contributed by atoms with van der Waals surface area (Å²) in [7, 11) is 0. The van der Waals surface area contributed by atoms with E-state index >= 15 is 0 Å². The molecule has 0 aliphatic carbocycles. The maximum atomic E-state index is 12.4. The van der Waals surface area contributed by atoms with E-state index in [0.29, 0.717) is 0 Å². The van der Waals surface area contributed by atoms with Crippen molar-refractivity contribution in [2.75, 3.05) is 0 Å². The molecule has 0 saturated heterocycles. The molecule has 0 heterocycles. The summed E-state index contributed by atoms with van der Waals surface area (Å²) >= 11 is 0. The van der Waals surface area contributed by atoms with Gasteiger partial charge in [0.15, 0.2) is 0 Å². The van der Waals surface area contributed by atoms with Crippen LogP contribution in [0.15, 0.2) is 42.5 Å². The van der Waals surface area contributed by atoms with Gasteiger partial charge >= 0.3 is 6.18 Å². The highest BCUT2D eigenvalue weighted by Crippen LogP contribution is 2.35. The molecule has 1 nitrogen and oxygen atoms in total. The third-order valence-corrected chi connectivity index (χ3v) is 2.92. The second-order valence-corrected chi connectivity index (χ2v) is 4.63. The fourth-order valence-corrected chi connectivity index (χ4v) is 2.02. The smallest absolute Gasteiger partial charge is 0.385 e. The number of hydrogen-bond acceptors (Lipinski definition) is 1. The Balaban J connectivity index is 2.41. The highest BCUT2D eigenvalue weighted by molar-refractivity contribution is 5.83. The zero-order valence-corrected chi connectivity index (χ0v) is 9.83. The van der Waals surface area contributed by atoms with Crippen LogP contribution in [-0.4, -0.2) is 11.3 Å². The fourth-order valence-electron chi connectivity index (χ4n) is 2.02. The predicted molar refractivity (Wildman–Crippen MR) is 64.2 cm³/mol. The Morgan fingerprint density at radius 1 is 1.00 bits per heavy atom. The molecule has 0 spiro atoms. The van der Waals surface area contributed by atoms with Crippen LogP contribution in [0.5, 0.6) is 0 Å². The third-order valence-electron chi connectivity index (χ3n) is 2.92. The van der Waals surface area contributed by atoms with Crippen LogP contribution in [0.25, 0.3) is 10.8 Å². The molecule has 4 heteroatoms. The predicted octanol–water partition coefficient (Wildman–Crippen LogP) is 4.00. The van der Waals surface area contributed by atoms with Gasteiger partial charge in [-0.05, 0) is 29.3 Å². The molecule has 1 atom stereocenters. The second-order valence-electron chi connectivity index (χ2n) is 4.63. The van der Waals surface area contributed by atoms with Crippen molar-refractivity contribution in [3.8, 4) is 0 Å². The Bertz CT molecular complexity index is 558. The van der Waals surface area contributed by atoms with Crippen molar-refractivity contribution in [3.63, 3.8) is 0 Å². The largest absolute Gasteiger partial charge is 0.392 e. The van der Waals surface area contributed by atoms with E-state index in [4.69, 9.17) is 0 Å². The van der Waals surface area contributed by atoms with Gasteiger partial charge in [-0.25, -0.2) is 0 Å². The lowest BCUT2D eigenvalue weighted by Crippen LogP contribution is -2.28. The van der Waals surface area contributed by atoms with Crippen molar-refractivity contribution in [1.82, 2.24) is 0 Å². The van der Waals surface area contributed by atoms with Crippen LogP contribution >= 0.6 is 0 Å². The summed E-state index contributed by atoms with van der Waals surface area (Å²) in [5, 5.41) is 11.7. The number of rotatable bonds is 2. The first-order valence-corrected chi connectivity index (χ1v) is 5.56. The van der Waals surface area contributed by atoms with Crippen molar-refractivity contribution in [2.45, 2.75) is 25.1 Å². The summed E-state index contributed by atoms with van der Waals surface area (Å²) in [5.41, 5.74) is -1.62. The van der Waals surface area contributed by atoms with Gasteiger partial charge in [-0.2, -0.15) is 13.2 Å². The molecular weight excluding hydrogens is 241 g/mol. The van der Waals surface area contributed by atoms with Crippen LogP contribution in [-0.2, 0) is 5.60 Å². The molecule has 0 aromatic heterocycles. The summed E-state index contributed by atoms with van der Waals surface area (Å²) < 4.78 is 37.2.